The number of carbonyl (C=O) groups is 1. The number of aromatic hydroxyl groups is 1. The van der Waals surface area contributed by atoms with E-state index in [2.05, 4.69) is 4.99 Å². The number of phenolic OH excluding ortho intramolecular Hbond substituents is 1. The van der Waals surface area contributed by atoms with E-state index in [1.54, 1.807) is 17.5 Å². The van der Waals surface area contributed by atoms with E-state index in [1.807, 2.05) is 0 Å². The van der Waals surface area contributed by atoms with Crippen molar-refractivity contribution >= 4 is 5.97 Å². The summed E-state index contributed by atoms with van der Waals surface area (Å²) in [5.41, 5.74) is 6.12. The van der Waals surface area contributed by atoms with Gasteiger partial charge in [-0.25, -0.2) is 0 Å². The van der Waals surface area contributed by atoms with Crippen LogP contribution in [0.2, 0.25) is 0 Å². The van der Waals surface area contributed by atoms with Gasteiger partial charge in [-0.1, -0.05) is 12.1 Å². The van der Waals surface area contributed by atoms with Crippen LogP contribution >= 0.6 is 0 Å². The second kappa shape index (κ2) is 12.1. The Morgan fingerprint density at radius 1 is 1.43 bits per heavy atom. The minimum atomic E-state index is -1.50. The lowest BCUT2D eigenvalue weighted by atomic mass is 10.1. The fraction of sp³-hybridized carbons (Fsp3) is 0.222. The van der Waals surface area contributed by atoms with Crippen LogP contribution in [-0.4, -0.2) is 37.8 Å². The maximum absolute atomic E-state index is 10.4. The molecule has 1 unspecified atom stereocenters. The Balaban J connectivity index is 0. The van der Waals surface area contributed by atoms with E-state index in [1.165, 1.54) is 12.1 Å². The van der Waals surface area contributed by atoms with Gasteiger partial charge in [-0.05, 0) is 24.1 Å². The van der Waals surface area contributed by atoms with Gasteiger partial charge in [0.05, 0.1) is 0 Å². The van der Waals surface area contributed by atoms with Crippen molar-refractivity contribution in [3.8, 4) is 5.75 Å². The molecule has 0 bridgehead atoms. The lowest BCUT2D eigenvalue weighted by Crippen LogP contribution is -2.32. The number of rotatable bonds is 4. The average Bonchev–Trinajstić information content (AvgIpc) is 2.41. The largest absolute Gasteiger partial charge is 0.508 e. The molecule has 0 spiro atoms. The SMILES string of the molecule is NC(Cc1ccc(O)cc1)C(=O)O.O=NOO.O=[N+]([O-])O. The van der Waals surface area contributed by atoms with Gasteiger partial charge in [-0.15, -0.1) is 15.0 Å². The Kier molecular flexibility index (Phi) is 11.7. The fourth-order valence-corrected chi connectivity index (χ4v) is 0.973. The molecule has 0 radical (unpaired) electrons. The number of carboxylic acid groups (broad SMARTS) is 1. The fourth-order valence-electron chi connectivity index (χ4n) is 0.973. The molecule has 1 aromatic rings. The van der Waals surface area contributed by atoms with E-state index >= 15 is 0 Å². The first-order valence-corrected chi connectivity index (χ1v) is 4.97. The lowest BCUT2D eigenvalue weighted by Gasteiger charge is -2.05. The lowest BCUT2D eigenvalue weighted by molar-refractivity contribution is -0.742. The summed E-state index contributed by atoms with van der Waals surface area (Å²) < 4.78 is 0. The molecule has 0 heterocycles. The van der Waals surface area contributed by atoms with Crippen molar-refractivity contribution < 1.29 is 35.5 Å². The molecule has 1 aromatic carbocycles. The molecule has 0 aliphatic carbocycles. The van der Waals surface area contributed by atoms with Crippen molar-refractivity contribution in [3.63, 3.8) is 0 Å². The predicted octanol–water partition coefficient (Wildman–Crippen LogP) is 0.156. The number of phenols is 1. The molecule has 1 atom stereocenters. The molecular weight excluding hydrogens is 294 g/mol. The number of benzene rings is 1. The first-order valence-electron chi connectivity index (χ1n) is 4.97. The Bertz CT molecular complexity index is 433. The number of aliphatic carboxylic acids is 1. The van der Waals surface area contributed by atoms with E-state index < -0.39 is 17.1 Å². The monoisotopic (exact) mass is 307 g/mol. The highest BCUT2D eigenvalue weighted by Gasteiger charge is 2.11. The Morgan fingerprint density at radius 3 is 2.10 bits per heavy atom. The molecule has 21 heavy (non-hydrogen) atoms. The van der Waals surface area contributed by atoms with Gasteiger partial charge in [0.15, 0.2) is 5.34 Å². The summed E-state index contributed by atoms with van der Waals surface area (Å²) >= 11 is 0. The molecule has 0 amide bonds. The van der Waals surface area contributed by atoms with Crippen LogP contribution in [0.1, 0.15) is 5.56 Å². The molecule has 0 saturated carbocycles. The minimum Gasteiger partial charge on any atom is -0.508 e. The molecule has 12 heteroatoms. The van der Waals surface area contributed by atoms with Gasteiger partial charge in [0.2, 0.25) is 0 Å². The molecule has 6 N–H and O–H groups in total. The van der Waals surface area contributed by atoms with Gasteiger partial charge < -0.3 is 21.2 Å². The summed E-state index contributed by atoms with van der Waals surface area (Å²) in [5, 5.41) is 39.6. The molecule has 118 valence electrons. The van der Waals surface area contributed by atoms with Crippen LogP contribution in [0.25, 0.3) is 0 Å². The topological polar surface area (TPSA) is 206 Å². The van der Waals surface area contributed by atoms with Gasteiger partial charge in [-0.3, -0.25) is 4.79 Å². The van der Waals surface area contributed by atoms with Crippen molar-refractivity contribution in [3.05, 3.63) is 44.9 Å². The highest BCUT2D eigenvalue weighted by atomic mass is 17.2. The zero-order valence-electron chi connectivity index (χ0n) is 10.4. The molecule has 0 saturated heterocycles. The maximum Gasteiger partial charge on any atom is 0.320 e. The summed E-state index contributed by atoms with van der Waals surface area (Å²) in [7, 11) is 0. The van der Waals surface area contributed by atoms with Crippen molar-refractivity contribution in [2.45, 2.75) is 12.5 Å². The highest BCUT2D eigenvalue weighted by Crippen LogP contribution is 2.10. The van der Waals surface area contributed by atoms with E-state index in [-0.39, 0.29) is 12.2 Å². The summed E-state index contributed by atoms with van der Waals surface area (Å²) in [6.07, 6.45) is 0.273. The molecule has 0 aliphatic rings. The van der Waals surface area contributed by atoms with Gasteiger partial charge in [0.25, 0.3) is 5.09 Å². The van der Waals surface area contributed by atoms with Crippen LogP contribution in [0.15, 0.2) is 29.6 Å². The summed E-state index contributed by atoms with van der Waals surface area (Å²) in [4.78, 5) is 29.8. The van der Waals surface area contributed by atoms with Crippen LogP contribution in [0.3, 0.4) is 0 Å². The van der Waals surface area contributed by atoms with Gasteiger partial charge >= 0.3 is 5.97 Å². The third kappa shape index (κ3) is 15.0. The third-order valence-electron chi connectivity index (χ3n) is 1.74. The quantitative estimate of drug-likeness (QED) is 0.220. The maximum atomic E-state index is 10.4. The van der Waals surface area contributed by atoms with Crippen LogP contribution < -0.4 is 5.73 Å². The Morgan fingerprint density at radius 2 is 1.81 bits per heavy atom. The van der Waals surface area contributed by atoms with E-state index in [4.69, 9.17) is 41.4 Å². The van der Waals surface area contributed by atoms with Crippen LogP contribution in [0.4, 0.5) is 0 Å². The number of nitrogens with zero attached hydrogens (tertiary/aromatic N) is 2. The minimum absolute atomic E-state index is 0.160. The molecule has 12 nitrogen and oxygen atoms in total. The van der Waals surface area contributed by atoms with E-state index in [0.717, 1.165) is 5.56 Å². The standard InChI is InChI=1S/C9H11NO3.2HNO3/c10-8(9(12)13)5-6-1-3-7(11)4-2-6;2-1-4-3;2-1(3)4/h1-4,8,11H,5,10H2,(H,12,13);3H;(H,2,3,4). The van der Waals surface area contributed by atoms with Crippen molar-refractivity contribution in [2.24, 2.45) is 11.1 Å². The molecule has 0 aliphatic heterocycles. The predicted molar refractivity (Wildman–Crippen MR) is 65.7 cm³/mol. The van der Waals surface area contributed by atoms with Crippen LogP contribution in [-0.2, 0) is 16.2 Å². The van der Waals surface area contributed by atoms with Gasteiger partial charge in [0, 0.05) is 0 Å². The summed E-state index contributed by atoms with van der Waals surface area (Å²) in [6.45, 7) is 0. The smallest absolute Gasteiger partial charge is 0.320 e. The number of hydrogen-bond acceptors (Lipinski definition) is 9. The normalized spacial score (nSPS) is 9.81. The Labute approximate surface area is 117 Å². The highest BCUT2D eigenvalue weighted by molar-refractivity contribution is 5.73. The summed E-state index contributed by atoms with van der Waals surface area (Å²) in [6, 6.07) is 5.42. The van der Waals surface area contributed by atoms with Gasteiger partial charge in [-0.2, -0.15) is 10.2 Å². The van der Waals surface area contributed by atoms with Crippen molar-refractivity contribution in [2.75, 3.05) is 0 Å². The average molecular weight is 307 g/mol. The summed E-state index contributed by atoms with van der Waals surface area (Å²) in [5.74, 6) is -0.860. The molecule has 0 aromatic heterocycles. The zero-order valence-corrected chi connectivity index (χ0v) is 10.4. The Hall–Kier alpha value is -2.99. The molecular formula is C9H13N3O9. The number of nitrogens with two attached hydrogens (primary N) is 1. The zero-order chi connectivity index (χ0) is 16.8. The second-order valence-electron chi connectivity index (χ2n) is 3.21. The van der Waals surface area contributed by atoms with Crippen molar-refractivity contribution in [1.29, 1.82) is 0 Å². The van der Waals surface area contributed by atoms with E-state index in [0.29, 0.717) is 0 Å². The molecule has 0 fully saturated rings. The van der Waals surface area contributed by atoms with Gasteiger partial charge in [0.1, 0.15) is 11.8 Å². The van der Waals surface area contributed by atoms with Crippen LogP contribution in [0.5, 0.6) is 5.75 Å². The van der Waals surface area contributed by atoms with E-state index in [9.17, 15) is 4.79 Å². The second-order valence-corrected chi connectivity index (χ2v) is 3.21. The first kappa shape index (κ1) is 20.3. The third-order valence-corrected chi connectivity index (χ3v) is 1.74. The first-order chi connectivity index (χ1) is 9.74. The van der Waals surface area contributed by atoms with Crippen molar-refractivity contribution in [1.82, 2.24) is 0 Å². The number of hydrogen-bond donors (Lipinski definition) is 5. The van der Waals surface area contributed by atoms with Crippen LogP contribution in [0, 0.1) is 15.0 Å². The molecule has 1 rings (SSSR count). The number of carboxylic acids is 1.